The molecule has 2 atom stereocenters. The second-order valence-corrected chi connectivity index (χ2v) is 20.0. The molecule has 0 aromatic heterocycles. The molecule has 0 bridgehead atoms. The van der Waals surface area contributed by atoms with Gasteiger partial charge in [-0.2, -0.15) is 0 Å². The van der Waals surface area contributed by atoms with Crippen LogP contribution in [-0.4, -0.2) is 75.6 Å². The average Bonchev–Trinajstić information content (AvgIpc) is 3.25. The molecule has 0 aliphatic heterocycles. The van der Waals surface area contributed by atoms with Gasteiger partial charge in [0.15, 0.2) is 0 Å². The number of likely N-dealkylation sites (N-methyl/N-ethyl adjacent to an activating group) is 1. The Kier molecular flexibility index (Phi) is 45.9. The number of phosphoric ester groups is 1. The van der Waals surface area contributed by atoms with Crippen molar-refractivity contribution in [2.24, 2.45) is 0 Å². The number of esters is 1. The van der Waals surface area contributed by atoms with Gasteiger partial charge in [-0.25, -0.2) is 4.57 Å². The van der Waals surface area contributed by atoms with Gasteiger partial charge in [0.05, 0.1) is 34.4 Å². The summed E-state index contributed by atoms with van der Waals surface area (Å²) in [6.07, 6.45) is 62.3. The molecule has 0 fully saturated rings. The largest absolute Gasteiger partial charge is 0.472 e. The van der Waals surface area contributed by atoms with Crippen LogP contribution in [0.15, 0.2) is 72.9 Å². The number of quaternary nitrogens is 1. The number of carbonyl (C=O) groups excluding carboxylic acids is 1. The molecule has 8 nitrogen and oxygen atoms in total. The van der Waals surface area contributed by atoms with Crippen LogP contribution in [0, 0.1) is 0 Å². The molecule has 372 valence electrons. The summed E-state index contributed by atoms with van der Waals surface area (Å²) >= 11 is 0. The number of rotatable bonds is 48. The van der Waals surface area contributed by atoms with E-state index in [1.165, 1.54) is 128 Å². The summed E-state index contributed by atoms with van der Waals surface area (Å²) in [6.45, 7) is 5.48. The van der Waals surface area contributed by atoms with Crippen LogP contribution in [0.25, 0.3) is 0 Å². The highest BCUT2D eigenvalue weighted by atomic mass is 31.2. The van der Waals surface area contributed by atoms with Crippen LogP contribution in [0.2, 0.25) is 0 Å². The molecular formula is C55H101NO7P+. The lowest BCUT2D eigenvalue weighted by Crippen LogP contribution is -2.37. The second kappa shape index (κ2) is 47.4. The maximum absolute atomic E-state index is 12.8. The zero-order valence-electron chi connectivity index (χ0n) is 42.3. The molecular weight excluding hydrogens is 818 g/mol. The first-order chi connectivity index (χ1) is 31.1. The number of hydrogen-bond donors (Lipinski definition) is 1. The molecule has 9 heteroatoms. The number of ether oxygens (including phenoxy) is 2. The number of hydrogen-bond acceptors (Lipinski definition) is 6. The predicted molar refractivity (Wildman–Crippen MR) is 275 cm³/mol. The van der Waals surface area contributed by atoms with Gasteiger partial charge in [-0.3, -0.25) is 13.8 Å². The standard InChI is InChI=1S/C55H100NO7P/c1-6-8-10-12-14-16-18-20-22-24-26-27-28-29-30-32-34-36-38-40-42-44-46-48-55(57)63-54(53-62-64(58,59)61-51-49-56(3,4)5)52-60-50-47-45-43-41-39-37-35-33-31-25-23-21-19-17-15-13-11-9-7-2/h8,10,14,16-17,19-20,22-23,25-27,54H,6-7,9,11-13,15,18,21,24,28-53H2,1-5H3/p+1/b10-8-,16-14-,19-17-,22-20-,25-23-,27-26-. The van der Waals surface area contributed by atoms with Gasteiger partial charge in [0.2, 0.25) is 0 Å². The van der Waals surface area contributed by atoms with Gasteiger partial charge in [-0.1, -0.05) is 196 Å². The van der Waals surface area contributed by atoms with Crippen molar-refractivity contribution in [1.82, 2.24) is 0 Å². The monoisotopic (exact) mass is 919 g/mol. The Hall–Kier alpha value is -2.06. The first-order valence-electron chi connectivity index (χ1n) is 26.2. The fourth-order valence-electron chi connectivity index (χ4n) is 6.99. The van der Waals surface area contributed by atoms with Crippen molar-refractivity contribution in [2.45, 2.75) is 219 Å². The van der Waals surface area contributed by atoms with Gasteiger partial charge in [0, 0.05) is 13.0 Å². The third kappa shape index (κ3) is 50.9. The lowest BCUT2D eigenvalue weighted by Gasteiger charge is -2.24. The summed E-state index contributed by atoms with van der Waals surface area (Å²) in [6, 6.07) is 0. The number of nitrogens with zero attached hydrogens (tertiary/aromatic N) is 1. The Balaban J connectivity index is 4.16. The van der Waals surface area contributed by atoms with Gasteiger partial charge in [-0.05, 0) is 83.5 Å². The van der Waals surface area contributed by atoms with E-state index in [4.69, 9.17) is 18.5 Å². The van der Waals surface area contributed by atoms with Crippen molar-refractivity contribution < 1.29 is 37.3 Å². The Morgan fingerprint density at radius 3 is 1.36 bits per heavy atom. The molecule has 0 saturated heterocycles. The number of unbranched alkanes of at least 4 members (excludes halogenated alkanes) is 22. The quantitative estimate of drug-likeness (QED) is 0.0214. The van der Waals surface area contributed by atoms with Gasteiger partial charge in [-0.15, -0.1) is 0 Å². The molecule has 0 aliphatic carbocycles. The highest BCUT2D eigenvalue weighted by Crippen LogP contribution is 2.43. The molecule has 0 rings (SSSR count). The molecule has 0 aromatic carbocycles. The minimum atomic E-state index is -4.29. The van der Waals surface area contributed by atoms with Crippen molar-refractivity contribution in [2.75, 3.05) is 54.1 Å². The fraction of sp³-hybridized carbons (Fsp3) is 0.764. The normalized spacial score (nSPS) is 14.2. The smallest absolute Gasteiger partial charge is 0.457 e. The van der Waals surface area contributed by atoms with E-state index in [0.717, 1.165) is 64.2 Å². The predicted octanol–water partition coefficient (Wildman–Crippen LogP) is 16.2. The number of phosphoric acid groups is 1. The van der Waals surface area contributed by atoms with Crippen molar-refractivity contribution in [3.8, 4) is 0 Å². The summed E-state index contributed by atoms with van der Waals surface area (Å²) in [4.78, 5) is 23.0. The van der Waals surface area contributed by atoms with Crippen molar-refractivity contribution >= 4 is 13.8 Å². The number of carbonyl (C=O) groups is 1. The van der Waals surface area contributed by atoms with E-state index in [1.54, 1.807) is 0 Å². The van der Waals surface area contributed by atoms with Crippen molar-refractivity contribution in [1.29, 1.82) is 0 Å². The molecule has 0 aliphatic rings. The van der Waals surface area contributed by atoms with E-state index >= 15 is 0 Å². The summed E-state index contributed by atoms with van der Waals surface area (Å²) in [5.41, 5.74) is 0. The maximum atomic E-state index is 12.8. The third-order valence-corrected chi connectivity index (χ3v) is 12.0. The highest BCUT2D eigenvalue weighted by Gasteiger charge is 2.26. The maximum Gasteiger partial charge on any atom is 0.472 e. The zero-order valence-corrected chi connectivity index (χ0v) is 43.1. The summed E-state index contributed by atoms with van der Waals surface area (Å²) in [7, 11) is 1.65. The van der Waals surface area contributed by atoms with Crippen LogP contribution in [-0.2, 0) is 27.9 Å². The van der Waals surface area contributed by atoms with Gasteiger partial charge >= 0.3 is 13.8 Å². The highest BCUT2D eigenvalue weighted by molar-refractivity contribution is 7.47. The minimum Gasteiger partial charge on any atom is -0.457 e. The SMILES string of the molecule is CC/C=C\C/C=C\C/C=C\C/C=C\CCCCCCCCCCCCC(=O)OC(COCCCCCCCCCC/C=C\C/C=C\CCCCCC)COP(=O)(O)OCC[N+](C)(C)C. The van der Waals surface area contributed by atoms with Crippen molar-refractivity contribution in [3.05, 3.63) is 72.9 Å². The first-order valence-corrected chi connectivity index (χ1v) is 27.7. The van der Waals surface area contributed by atoms with E-state index in [9.17, 15) is 14.3 Å². The number of allylic oxidation sites excluding steroid dienone is 12. The van der Waals surface area contributed by atoms with Gasteiger partial charge in [0.25, 0.3) is 0 Å². The Labute approximate surface area is 395 Å². The Morgan fingerprint density at radius 1 is 0.500 bits per heavy atom. The second-order valence-electron chi connectivity index (χ2n) is 18.5. The molecule has 64 heavy (non-hydrogen) atoms. The van der Waals surface area contributed by atoms with E-state index < -0.39 is 13.9 Å². The lowest BCUT2D eigenvalue weighted by atomic mass is 10.0. The molecule has 1 N–H and O–H groups in total. The van der Waals surface area contributed by atoms with Gasteiger partial charge < -0.3 is 18.9 Å². The lowest BCUT2D eigenvalue weighted by molar-refractivity contribution is -0.870. The van der Waals surface area contributed by atoms with E-state index in [-0.39, 0.29) is 25.8 Å². The summed E-state index contributed by atoms with van der Waals surface area (Å²) < 4.78 is 35.2. The Bertz CT molecular complexity index is 1250. The fourth-order valence-corrected chi connectivity index (χ4v) is 7.73. The topological polar surface area (TPSA) is 91.3 Å². The molecule has 0 heterocycles. The zero-order chi connectivity index (χ0) is 46.9. The minimum absolute atomic E-state index is 0.0836. The summed E-state index contributed by atoms with van der Waals surface area (Å²) in [5, 5.41) is 0. The van der Waals surface area contributed by atoms with E-state index in [0.29, 0.717) is 24.1 Å². The third-order valence-electron chi connectivity index (χ3n) is 11.0. The Morgan fingerprint density at radius 2 is 0.906 bits per heavy atom. The van der Waals surface area contributed by atoms with Crippen LogP contribution >= 0.6 is 7.82 Å². The van der Waals surface area contributed by atoms with Crippen LogP contribution in [0.5, 0.6) is 0 Å². The van der Waals surface area contributed by atoms with E-state index in [2.05, 4.69) is 86.8 Å². The van der Waals surface area contributed by atoms with E-state index in [1.807, 2.05) is 21.1 Å². The van der Waals surface area contributed by atoms with Crippen LogP contribution in [0.4, 0.5) is 0 Å². The molecule has 0 saturated carbocycles. The summed E-state index contributed by atoms with van der Waals surface area (Å²) in [5.74, 6) is -0.321. The van der Waals surface area contributed by atoms with Crippen molar-refractivity contribution in [3.63, 3.8) is 0 Å². The molecule has 0 spiro atoms. The van der Waals surface area contributed by atoms with Crippen LogP contribution in [0.1, 0.15) is 213 Å². The average molecular weight is 919 g/mol. The molecule has 2 unspecified atom stereocenters. The molecule has 0 radical (unpaired) electrons. The molecule has 0 amide bonds. The first kappa shape index (κ1) is 61.9. The van der Waals surface area contributed by atoms with Gasteiger partial charge in [0.1, 0.15) is 19.3 Å². The van der Waals surface area contributed by atoms with Crippen LogP contribution < -0.4 is 0 Å². The molecule has 0 aromatic rings. The van der Waals surface area contributed by atoms with Crippen LogP contribution in [0.3, 0.4) is 0 Å².